The van der Waals surface area contributed by atoms with Crippen LogP contribution in [-0.4, -0.2) is 10.2 Å². The number of anilines is 1. The van der Waals surface area contributed by atoms with E-state index in [9.17, 15) is 4.39 Å². The fourth-order valence-electron chi connectivity index (χ4n) is 1.86. The Kier molecular flexibility index (Phi) is 3.51. The van der Waals surface area contributed by atoms with E-state index < -0.39 is 0 Å². The molecule has 6 heteroatoms. The third kappa shape index (κ3) is 3.17. The molecular weight excluding hydrogens is 273 g/mol. The molecule has 5 nitrogen and oxygen atoms in total. The van der Waals surface area contributed by atoms with Crippen molar-refractivity contribution in [3.63, 3.8) is 0 Å². The van der Waals surface area contributed by atoms with Crippen LogP contribution in [0.5, 0.6) is 5.75 Å². The van der Waals surface area contributed by atoms with Crippen LogP contribution in [0.15, 0.2) is 52.9 Å². The average Bonchev–Trinajstić information content (AvgIpc) is 2.92. The lowest BCUT2D eigenvalue weighted by Gasteiger charge is -2.07. The molecular formula is C15H12FN3O2. The first-order chi connectivity index (χ1) is 10.2. The zero-order valence-corrected chi connectivity index (χ0v) is 11.0. The van der Waals surface area contributed by atoms with Crippen molar-refractivity contribution in [2.24, 2.45) is 0 Å². The Balaban J connectivity index is 1.74. The summed E-state index contributed by atoms with van der Waals surface area (Å²) < 4.78 is 23.9. The third-order valence-electron chi connectivity index (χ3n) is 2.82. The lowest BCUT2D eigenvalue weighted by molar-refractivity contribution is 0.305. The van der Waals surface area contributed by atoms with Crippen LogP contribution in [0.25, 0.3) is 11.5 Å². The van der Waals surface area contributed by atoms with Crippen molar-refractivity contribution >= 4 is 6.01 Å². The van der Waals surface area contributed by atoms with E-state index in [-0.39, 0.29) is 18.4 Å². The Morgan fingerprint density at radius 3 is 2.71 bits per heavy atom. The van der Waals surface area contributed by atoms with Crippen LogP contribution in [0.4, 0.5) is 10.4 Å². The predicted octanol–water partition coefficient (Wildman–Crippen LogP) is 3.04. The number of hydrogen-bond acceptors (Lipinski definition) is 5. The highest BCUT2D eigenvalue weighted by atomic mass is 19.1. The summed E-state index contributed by atoms with van der Waals surface area (Å²) in [6.45, 7) is 0.271. The van der Waals surface area contributed by atoms with Gasteiger partial charge in [0, 0.05) is 5.56 Å². The number of halogens is 1. The molecule has 21 heavy (non-hydrogen) atoms. The van der Waals surface area contributed by atoms with Crippen LogP contribution in [-0.2, 0) is 6.61 Å². The molecule has 0 amide bonds. The molecule has 0 radical (unpaired) electrons. The molecule has 0 fully saturated rings. The number of nitrogens with two attached hydrogens (primary N) is 1. The Morgan fingerprint density at radius 2 is 1.95 bits per heavy atom. The Bertz CT molecular complexity index is 758. The van der Waals surface area contributed by atoms with Gasteiger partial charge in [0.1, 0.15) is 18.2 Å². The van der Waals surface area contributed by atoms with E-state index in [2.05, 4.69) is 10.2 Å². The largest absolute Gasteiger partial charge is 0.489 e. The molecule has 0 spiro atoms. The van der Waals surface area contributed by atoms with Gasteiger partial charge in [0.2, 0.25) is 5.89 Å². The number of nitrogens with zero attached hydrogens (tertiary/aromatic N) is 2. The smallest absolute Gasteiger partial charge is 0.313 e. The summed E-state index contributed by atoms with van der Waals surface area (Å²) in [6, 6.07) is 13.4. The molecule has 2 aromatic carbocycles. The molecule has 0 atom stereocenters. The first-order valence-corrected chi connectivity index (χ1v) is 6.27. The van der Waals surface area contributed by atoms with Gasteiger partial charge >= 0.3 is 6.01 Å². The highest BCUT2D eigenvalue weighted by Crippen LogP contribution is 2.23. The van der Waals surface area contributed by atoms with Crippen LogP contribution in [0.3, 0.4) is 0 Å². The van der Waals surface area contributed by atoms with Crippen LogP contribution >= 0.6 is 0 Å². The van der Waals surface area contributed by atoms with Crippen molar-refractivity contribution in [2.45, 2.75) is 6.61 Å². The number of benzene rings is 2. The maximum atomic E-state index is 13.1. The van der Waals surface area contributed by atoms with Gasteiger partial charge < -0.3 is 14.9 Å². The summed E-state index contributed by atoms with van der Waals surface area (Å²) in [5.74, 6) is 0.656. The lowest BCUT2D eigenvalue weighted by Crippen LogP contribution is -1.96. The quantitative estimate of drug-likeness (QED) is 0.797. The van der Waals surface area contributed by atoms with E-state index in [1.54, 1.807) is 30.3 Å². The maximum Gasteiger partial charge on any atom is 0.313 e. The van der Waals surface area contributed by atoms with Gasteiger partial charge in [0.25, 0.3) is 0 Å². The van der Waals surface area contributed by atoms with Crippen molar-refractivity contribution < 1.29 is 13.5 Å². The number of aromatic nitrogens is 2. The molecule has 0 aliphatic rings. The van der Waals surface area contributed by atoms with Gasteiger partial charge in [-0.2, -0.15) is 0 Å². The summed E-state index contributed by atoms with van der Waals surface area (Å²) >= 11 is 0. The minimum absolute atomic E-state index is 0.0103. The summed E-state index contributed by atoms with van der Waals surface area (Å²) in [5.41, 5.74) is 6.85. The second-order valence-corrected chi connectivity index (χ2v) is 4.39. The minimum Gasteiger partial charge on any atom is -0.489 e. The molecule has 0 saturated heterocycles. The number of nitrogen functional groups attached to an aromatic ring is 1. The van der Waals surface area contributed by atoms with Crippen LogP contribution in [0.1, 0.15) is 5.56 Å². The Hall–Kier alpha value is -2.89. The van der Waals surface area contributed by atoms with Crippen molar-refractivity contribution in [3.05, 3.63) is 59.9 Å². The van der Waals surface area contributed by atoms with Crippen molar-refractivity contribution in [1.82, 2.24) is 10.2 Å². The molecule has 2 N–H and O–H groups in total. The summed E-state index contributed by atoms with van der Waals surface area (Å²) in [5, 5.41) is 7.41. The van der Waals surface area contributed by atoms with Gasteiger partial charge in [0.05, 0.1) is 0 Å². The van der Waals surface area contributed by atoms with Gasteiger partial charge in [-0.3, -0.25) is 0 Å². The normalized spacial score (nSPS) is 10.5. The first kappa shape index (κ1) is 13.1. The molecule has 0 aliphatic heterocycles. The Labute approximate surface area is 120 Å². The number of rotatable bonds is 4. The fourth-order valence-corrected chi connectivity index (χ4v) is 1.86. The molecule has 1 heterocycles. The molecule has 3 aromatic rings. The van der Waals surface area contributed by atoms with Gasteiger partial charge in [-0.05, 0) is 35.9 Å². The van der Waals surface area contributed by atoms with Crippen LogP contribution < -0.4 is 10.5 Å². The SMILES string of the molecule is Nc1nnc(-c2cccc(OCc3cccc(F)c3)c2)o1. The summed E-state index contributed by atoms with van der Waals surface area (Å²) in [6.07, 6.45) is 0. The predicted molar refractivity (Wildman–Crippen MR) is 74.9 cm³/mol. The first-order valence-electron chi connectivity index (χ1n) is 6.27. The van der Waals surface area contributed by atoms with E-state index in [4.69, 9.17) is 14.9 Å². The topological polar surface area (TPSA) is 74.2 Å². The Morgan fingerprint density at radius 1 is 1.10 bits per heavy atom. The third-order valence-corrected chi connectivity index (χ3v) is 2.82. The molecule has 1 aromatic heterocycles. The van der Waals surface area contributed by atoms with Gasteiger partial charge in [-0.15, -0.1) is 5.10 Å². The van der Waals surface area contributed by atoms with Crippen molar-refractivity contribution in [3.8, 4) is 17.2 Å². The monoisotopic (exact) mass is 285 g/mol. The number of hydrogen-bond donors (Lipinski definition) is 1. The fraction of sp³-hybridized carbons (Fsp3) is 0.0667. The van der Waals surface area contributed by atoms with E-state index in [0.29, 0.717) is 17.2 Å². The van der Waals surface area contributed by atoms with E-state index >= 15 is 0 Å². The molecule has 3 rings (SSSR count). The second kappa shape index (κ2) is 5.62. The zero-order chi connectivity index (χ0) is 14.7. The van der Waals surface area contributed by atoms with E-state index in [0.717, 1.165) is 5.56 Å². The van der Waals surface area contributed by atoms with E-state index in [1.165, 1.54) is 12.1 Å². The van der Waals surface area contributed by atoms with E-state index in [1.807, 2.05) is 6.07 Å². The molecule has 106 valence electrons. The molecule has 0 unspecified atom stereocenters. The standard InChI is InChI=1S/C15H12FN3O2/c16-12-5-1-3-10(7-12)9-20-13-6-2-4-11(8-13)14-18-19-15(17)21-14/h1-8H,9H2,(H2,17,19). The highest BCUT2D eigenvalue weighted by molar-refractivity contribution is 5.55. The van der Waals surface area contributed by atoms with Crippen LogP contribution in [0.2, 0.25) is 0 Å². The van der Waals surface area contributed by atoms with Gasteiger partial charge in [-0.1, -0.05) is 23.3 Å². The second-order valence-electron chi connectivity index (χ2n) is 4.39. The summed E-state index contributed by atoms with van der Waals surface area (Å²) in [7, 11) is 0. The maximum absolute atomic E-state index is 13.1. The number of ether oxygens (including phenoxy) is 1. The molecule has 0 aliphatic carbocycles. The molecule has 0 saturated carbocycles. The van der Waals surface area contributed by atoms with Gasteiger partial charge in [-0.25, -0.2) is 4.39 Å². The summed E-state index contributed by atoms with van der Waals surface area (Å²) in [4.78, 5) is 0. The van der Waals surface area contributed by atoms with Crippen molar-refractivity contribution in [2.75, 3.05) is 5.73 Å². The zero-order valence-electron chi connectivity index (χ0n) is 11.0. The van der Waals surface area contributed by atoms with Crippen molar-refractivity contribution in [1.29, 1.82) is 0 Å². The lowest BCUT2D eigenvalue weighted by atomic mass is 10.2. The highest BCUT2D eigenvalue weighted by Gasteiger charge is 2.07. The molecule has 0 bridgehead atoms. The average molecular weight is 285 g/mol. The van der Waals surface area contributed by atoms with Gasteiger partial charge in [0.15, 0.2) is 0 Å². The minimum atomic E-state index is -0.286. The van der Waals surface area contributed by atoms with Crippen LogP contribution in [0, 0.1) is 5.82 Å².